The van der Waals surface area contributed by atoms with Gasteiger partial charge in [-0.3, -0.25) is 4.79 Å². The molecule has 1 amide bonds. The van der Waals surface area contributed by atoms with E-state index in [1.807, 2.05) is 13.0 Å². The fourth-order valence-electron chi connectivity index (χ4n) is 1.70. The SMILES string of the molecule is COc1cc(C(=O)Nc2ccc(F)cc2)ccc1C. The van der Waals surface area contributed by atoms with E-state index in [4.69, 9.17) is 4.74 Å². The van der Waals surface area contributed by atoms with Crippen LogP contribution in [0.2, 0.25) is 0 Å². The van der Waals surface area contributed by atoms with E-state index in [0.717, 1.165) is 5.56 Å². The minimum Gasteiger partial charge on any atom is -0.496 e. The lowest BCUT2D eigenvalue weighted by atomic mass is 10.1. The average Bonchev–Trinajstić information content (AvgIpc) is 2.42. The van der Waals surface area contributed by atoms with Crippen molar-refractivity contribution in [1.82, 2.24) is 0 Å². The van der Waals surface area contributed by atoms with E-state index in [-0.39, 0.29) is 11.7 Å². The molecule has 4 heteroatoms. The van der Waals surface area contributed by atoms with Gasteiger partial charge in [-0.25, -0.2) is 4.39 Å². The predicted octanol–water partition coefficient (Wildman–Crippen LogP) is 3.40. The van der Waals surface area contributed by atoms with Crippen molar-refractivity contribution >= 4 is 11.6 Å². The average molecular weight is 259 g/mol. The molecule has 0 spiro atoms. The molecular formula is C15H14FNO2. The summed E-state index contributed by atoms with van der Waals surface area (Å²) < 4.78 is 17.9. The van der Waals surface area contributed by atoms with Crippen molar-refractivity contribution < 1.29 is 13.9 Å². The van der Waals surface area contributed by atoms with Crippen LogP contribution < -0.4 is 10.1 Å². The largest absolute Gasteiger partial charge is 0.496 e. The van der Waals surface area contributed by atoms with Crippen molar-refractivity contribution in [2.24, 2.45) is 0 Å². The van der Waals surface area contributed by atoms with Gasteiger partial charge in [-0.2, -0.15) is 0 Å². The smallest absolute Gasteiger partial charge is 0.255 e. The van der Waals surface area contributed by atoms with Crippen LogP contribution in [0.25, 0.3) is 0 Å². The molecule has 19 heavy (non-hydrogen) atoms. The first-order valence-corrected chi connectivity index (χ1v) is 5.81. The third kappa shape index (κ3) is 3.10. The number of anilines is 1. The first-order chi connectivity index (χ1) is 9.10. The summed E-state index contributed by atoms with van der Waals surface area (Å²) in [5.74, 6) is 0.0617. The first-order valence-electron chi connectivity index (χ1n) is 5.81. The summed E-state index contributed by atoms with van der Waals surface area (Å²) in [5, 5.41) is 2.70. The molecule has 0 aromatic heterocycles. The number of amides is 1. The molecule has 2 rings (SSSR count). The van der Waals surface area contributed by atoms with Gasteiger partial charge in [0.25, 0.3) is 5.91 Å². The highest BCUT2D eigenvalue weighted by Gasteiger charge is 2.08. The molecule has 3 nitrogen and oxygen atoms in total. The van der Waals surface area contributed by atoms with Gasteiger partial charge >= 0.3 is 0 Å². The summed E-state index contributed by atoms with van der Waals surface area (Å²) in [4.78, 5) is 12.0. The molecule has 2 aromatic rings. The van der Waals surface area contributed by atoms with E-state index >= 15 is 0 Å². The molecule has 0 saturated carbocycles. The van der Waals surface area contributed by atoms with E-state index in [0.29, 0.717) is 17.0 Å². The molecule has 0 saturated heterocycles. The van der Waals surface area contributed by atoms with Crippen molar-refractivity contribution in [3.63, 3.8) is 0 Å². The Labute approximate surface area is 111 Å². The normalized spacial score (nSPS) is 10.1. The molecule has 2 aromatic carbocycles. The number of methoxy groups -OCH3 is 1. The zero-order valence-corrected chi connectivity index (χ0v) is 10.7. The summed E-state index contributed by atoms with van der Waals surface area (Å²) in [6.45, 7) is 1.90. The minimum atomic E-state index is -0.338. The van der Waals surface area contributed by atoms with E-state index < -0.39 is 0 Å². The van der Waals surface area contributed by atoms with E-state index in [1.165, 1.54) is 24.3 Å². The van der Waals surface area contributed by atoms with Gasteiger partial charge in [0.1, 0.15) is 11.6 Å². The Balaban J connectivity index is 2.18. The van der Waals surface area contributed by atoms with Crippen molar-refractivity contribution in [1.29, 1.82) is 0 Å². The second-order valence-electron chi connectivity index (χ2n) is 4.15. The van der Waals surface area contributed by atoms with Crippen molar-refractivity contribution in [3.05, 3.63) is 59.4 Å². The maximum atomic E-state index is 12.8. The second-order valence-corrected chi connectivity index (χ2v) is 4.15. The van der Waals surface area contributed by atoms with Crippen LogP contribution in [-0.2, 0) is 0 Å². The van der Waals surface area contributed by atoms with Crippen LogP contribution in [0.15, 0.2) is 42.5 Å². The number of rotatable bonds is 3. The molecule has 0 heterocycles. The van der Waals surface area contributed by atoms with Crippen molar-refractivity contribution in [2.45, 2.75) is 6.92 Å². The highest BCUT2D eigenvalue weighted by Crippen LogP contribution is 2.20. The highest BCUT2D eigenvalue weighted by molar-refractivity contribution is 6.04. The monoisotopic (exact) mass is 259 g/mol. The lowest BCUT2D eigenvalue weighted by molar-refractivity contribution is 0.102. The Kier molecular flexibility index (Phi) is 3.80. The van der Waals surface area contributed by atoms with Gasteiger partial charge in [-0.05, 0) is 48.9 Å². The Morgan fingerprint density at radius 3 is 2.47 bits per heavy atom. The van der Waals surface area contributed by atoms with Crippen LogP contribution in [0, 0.1) is 12.7 Å². The van der Waals surface area contributed by atoms with E-state index in [1.54, 1.807) is 19.2 Å². The van der Waals surface area contributed by atoms with Crippen LogP contribution in [0.5, 0.6) is 5.75 Å². The number of aryl methyl sites for hydroxylation is 1. The van der Waals surface area contributed by atoms with Gasteiger partial charge in [0.15, 0.2) is 0 Å². The summed E-state index contributed by atoms with van der Waals surface area (Å²) in [7, 11) is 1.56. The maximum absolute atomic E-state index is 12.8. The quantitative estimate of drug-likeness (QED) is 0.917. The Morgan fingerprint density at radius 1 is 1.16 bits per heavy atom. The van der Waals surface area contributed by atoms with E-state index in [2.05, 4.69) is 5.32 Å². The van der Waals surface area contributed by atoms with E-state index in [9.17, 15) is 9.18 Å². The summed E-state index contributed by atoms with van der Waals surface area (Å²) in [6.07, 6.45) is 0. The molecular weight excluding hydrogens is 245 g/mol. The number of hydrogen-bond donors (Lipinski definition) is 1. The molecule has 0 fully saturated rings. The first kappa shape index (κ1) is 13.1. The standard InChI is InChI=1S/C15H14FNO2/c1-10-3-4-11(9-14(10)19-2)15(18)17-13-7-5-12(16)6-8-13/h3-9H,1-2H3,(H,17,18). The predicted molar refractivity (Wildman–Crippen MR) is 72.1 cm³/mol. The van der Waals surface area contributed by atoms with Crippen LogP contribution in [0.1, 0.15) is 15.9 Å². The molecule has 0 unspecified atom stereocenters. The summed E-state index contributed by atoms with van der Waals surface area (Å²) in [5.41, 5.74) is 2.00. The molecule has 0 bridgehead atoms. The number of ether oxygens (including phenoxy) is 1. The van der Waals surface area contributed by atoms with Crippen LogP contribution >= 0.6 is 0 Å². The van der Waals surface area contributed by atoms with Crippen LogP contribution in [0.3, 0.4) is 0 Å². The van der Waals surface area contributed by atoms with Gasteiger partial charge in [0.05, 0.1) is 7.11 Å². The number of halogens is 1. The fraction of sp³-hybridized carbons (Fsp3) is 0.133. The van der Waals surface area contributed by atoms with Gasteiger partial charge in [0.2, 0.25) is 0 Å². The molecule has 0 aliphatic rings. The molecule has 0 aliphatic heterocycles. The molecule has 98 valence electrons. The van der Waals surface area contributed by atoms with Gasteiger partial charge < -0.3 is 10.1 Å². The van der Waals surface area contributed by atoms with Crippen LogP contribution in [-0.4, -0.2) is 13.0 Å². The Hall–Kier alpha value is -2.36. The third-order valence-electron chi connectivity index (χ3n) is 2.77. The molecule has 0 atom stereocenters. The molecule has 1 N–H and O–H groups in total. The third-order valence-corrected chi connectivity index (χ3v) is 2.77. The highest BCUT2D eigenvalue weighted by atomic mass is 19.1. The Bertz CT molecular complexity index is 594. The van der Waals surface area contributed by atoms with Crippen molar-refractivity contribution in [3.8, 4) is 5.75 Å². The second kappa shape index (κ2) is 5.52. The lowest BCUT2D eigenvalue weighted by Crippen LogP contribution is -2.12. The Morgan fingerprint density at radius 2 is 1.84 bits per heavy atom. The van der Waals surface area contributed by atoms with Crippen LogP contribution in [0.4, 0.5) is 10.1 Å². The van der Waals surface area contributed by atoms with Crippen molar-refractivity contribution in [2.75, 3.05) is 12.4 Å². The minimum absolute atomic E-state index is 0.259. The number of carbonyl (C=O) groups is 1. The number of hydrogen-bond acceptors (Lipinski definition) is 2. The fourth-order valence-corrected chi connectivity index (χ4v) is 1.70. The van der Waals surface area contributed by atoms with Gasteiger partial charge in [0, 0.05) is 11.3 Å². The lowest BCUT2D eigenvalue weighted by Gasteiger charge is -2.08. The molecule has 0 radical (unpaired) electrons. The number of carbonyl (C=O) groups excluding carboxylic acids is 1. The zero-order chi connectivity index (χ0) is 13.8. The number of benzene rings is 2. The van der Waals surface area contributed by atoms with Gasteiger partial charge in [-0.15, -0.1) is 0 Å². The zero-order valence-electron chi connectivity index (χ0n) is 10.7. The molecule has 0 aliphatic carbocycles. The maximum Gasteiger partial charge on any atom is 0.255 e. The topological polar surface area (TPSA) is 38.3 Å². The summed E-state index contributed by atoms with van der Waals surface area (Å²) in [6, 6.07) is 10.8. The number of nitrogens with one attached hydrogen (secondary N) is 1. The summed E-state index contributed by atoms with van der Waals surface area (Å²) >= 11 is 0. The van der Waals surface area contributed by atoms with Gasteiger partial charge in [-0.1, -0.05) is 6.07 Å².